The van der Waals surface area contributed by atoms with Crippen molar-refractivity contribution < 1.29 is 22.5 Å². The Kier molecular flexibility index (Phi) is 4.28. The second-order valence-corrected chi connectivity index (χ2v) is 8.80. The molecule has 8 nitrogen and oxygen atoms in total. The van der Waals surface area contributed by atoms with Crippen LogP contribution in [-0.2, 0) is 25.8 Å². The van der Waals surface area contributed by atoms with E-state index in [0.29, 0.717) is 19.0 Å². The Morgan fingerprint density at radius 3 is 2.92 bits per heavy atom. The highest BCUT2D eigenvalue weighted by atomic mass is 32.2. The first-order valence-electron chi connectivity index (χ1n) is 8.43. The minimum absolute atomic E-state index is 0.0283. The molecule has 0 saturated carbocycles. The molecule has 2 saturated heterocycles. The number of fused-ring (bicyclic) bond motifs is 1. The van der Waals surface area contributed by atoms with Crippen molar-refractivity contribution >= 4 is 15.7 Å². The van der Waals surface area contributed by atoms with E-state index in [9.17, 15) is 13.2 Å². The maximum absolute atomic E-state index is 12.7. The molecule has 2 fully saturated rings. The van der Waals surface area contributed by atoms with Gasteiger partial charge in [-0.25, -0.2) is 8.42 Å². The number of carbonyl (C=O) groups excluding carboxylic acids is 1. The van der Waals surface area contributed by atoms with Crippen LogP contribution in [0.5, 0.6) is 0 Å². The van der Waals surface area contributed by atoms with Crippen molar-refractivity contribution in [1.82, 2.24) is 15.0 Å². The number of sulfone groups is 1. The monoisotopic (exact) mass is 377 g/mol. The maximum Gasteiger partial charge on any atom is 0.236 e. The Morgan fingerprint density at radius 2 is 2.12 bits per heavy atom. The average molecular weight is 377 g/mol. The summed E-state index contributed by atoms with van der Waals surface area (Å²) in [6.07, 6.45) is -0.495. The number of aryl methyl sites for hydroxylation is 1. The number of aromatic nitrogens is 2. The lowest BCUT2D eigenvalue weighted by Crippen LogP contribution is -2.53. The van der Waals surface area contributed by atoms with Gasteiger partial charge in [0.1, 0.15) is 6.42 Å². The molecular weight excluding hydrogens is 358 g/mol. The Morgan fingerprint density at radius 1 is 1.31 bits per heavy atom. The highest BCUT2D eigenvalue weighted by Crippen LogP contribution is 2.25. The molecule has 138 valence electrons. The molecule has 2 aliphatic rings. The molecule has 9 heteroatoms. The standard InChI is InChI=1S/C17H19N3O5S/c1-11-4-2-3-5-12(11)17-18-15(25-19-17)8-16(21)20-6-7-24-14-10-26(22,23)9-13(14)20/h2-5,13-14H,6-10H2,1H3. The lowest BCUT2D eigenvalue weighted by molar-refractivity contribution is -0.142. The zero-order chi connectivity index (χ0) is 18.3. The van der Waals surface area contributed by atoms with Gasteiger partial charge < -0.3 is 14.2 Å². The van der Waals surface area contributed by atoms with Gasteiger partial charge in [-0.2, -0.15) is 4.98 Å². The molecule has 2 aromatic rings. The molecule has 4 rings (SSSR count). The van der Waals surface area contributed by atoms with Gasteiger partial charge in [0.25, 0.3) is 0 Å². The van der Waals surface area contributed by atoms with Gasteiger partial charge in [-0.15, -0.1) is 0 Å². The number of hydrogen-bond acceptors (Lipinski definition) is 7. The van der Waals surface area contributed by atoms with E-state index >= 15 is 0 Å². The molecule has 0 aliphatic carbocycles. The summed E-state index contributed by atoms with van der Waals surface area (Å²) in [5.41, 5.74) is 1.86. The lowest BCUT2D eigenvalue weighted by Gasteiger charge is -2.36. The number of hydrogen-bond donors (Lipinski definition) is 0. The maximum atomic E-state index is 12.7. The minimum atomic E-state index is -3.18. The molecular formula is C17H19N3O5S. The van der Waals surface area contributed by atoms with Gasteiger partial charge in [-0.05, 0) is 12.5 Å². The highest BCUT2D eigenvalue weighted by molar-refractivity contribution is 7.91. The Hall–Kier alpha value is -2.26. The SMILES string of the molecule is Cc1ccccc1-c1noc(CC(=O)N2CCOC3CS(=O)(=O)CC32)n1. The zero-order valence-corrected chi connectivity index (χ0v) is 15.1. The fraction of sp³-hybridized carbons (Fsp3) is 0.471. The molecule has 1 aromatic carbocycles. The fourth-order valence-electron chi connectivity index (χ4n) is 3.52. The third kappa shape index (κ3) is 3.24. The first-order valence-corrected chi connectivity index (χ1v) is 10.3. The first-order chi connectivity index (χ1) is 12.4. The van der Waals surface area contributed by atoms with Crippen LogP contribution in [0.25, 0.3) is 11.4 Å². The normalized spacial score (nSPS) is 24.4. The zero-order valence-electron chi connectivity index (χ0n) is 14.3. The van der Waals surface area contributed by atoms with Crippen molar-refractivity contribution in [2.45, 2.75) is 25.5 Å². The van der Waals surface area contributed by atoms with E-state index < -0.39 is 22.0 Å². The number of morpholine rings is 1. The van der Waals surface area contributed by atoms with Crippen molar-refractivity contribution in [3.05, 3.63) is 35.7 Å². The van der Waals surface area contributed by atoms with Crippen LogP contribution in [0.15, 0.2) is 28.8 Å². The predicted octanol–water partition coefficient (Wildman–Crippen LogP) is 0.612. The number of amides is 1. The summed E-state index contributed by atoms with van der Waals surface area (Å²) < 4.78 is 34.5. The van der Waals surface area contributed by atoms with E-state index in [1.54, 1.807) is 4.90 Å². The Bertz CT molecular complexity index is 939. The highest BCUT2D eigenvalue weighted by Gasteiger charge is 2.45. The third-order valence-electron chi connectivity index (χ3n) is 4.81. The van der Waals surface area contributed by atoms with E-state index in [-0.39, 0.29) is 29.7 Å². The van der Waals surface area contributed by atoms with Crippen LogP contribution < -0.4 is 0 Å². The molecule has 2 unspecified atom stereocenters. The van der Waals surface area contributed by atoms with Crippen LogP contribution in [0.1, 0.15) is 11.5 Å². The second kappa shape index (κ2) is 6.48. The van der Waals surface area contributed by atoms with Crippen molar-refractivity contribution in [3.63, 3.8) is 0 Å². The van der Waals surface area contributed by atoms with Crippen LogP contribution in [-0.4, -0.2) is 66.2 Å². The van der Waals surface area contributed by atoms with Crippen LogP contribution in [0.3, 0.4) is 0 Å². The first kappa shape index (κ1) is 17.2. The van der Waals surface area contributed by atoms with Gasteiger partial charge in [-0.1, -0.05) is 29.4 Å². The van der Waals surface area contributed by atoms with Gasteiger partial charge in [0, 0.05) is 12.1 Å². The Labute approximate surface area is 151 Å². The quantitative estimate of drug-likeness (QED) is 0.772. The average Bonchev–Trinajstić information content (AvgIpc) is 3.17. The minimum Gasteiger partial charge on any atom is -0.373 e. The lowest BCUT2D eigenvalue weighted by atomic mass is 10.1. The summed E-state index contributed by atoms with van der Waals surface area (Å²) in [5.74, 6) is 0.355. The van der Waals surface area contributed by atoms with Crippen LogP contribution >= 0.6 is 0 Å². The summed E-state index contributed by atoms with van der Waals surface area (Å²) >= 11 is 0. The fourth-order valence-corrected chi connectivity index (χ4v) is 5.39. The molecule has 0 N–H and O–H groups in total. The molecule has 2 aliphatic heterocycles. The van der Waals surface area contributed by atoms with Gasteiger partial charge in [-0.3, -0.25) is 4.79 Å². The molecule has 0 radical (unpaired) electrons. The third-order valence-corrected chi connectivity index (χ3v) is 6.50. The topological polar surface area (TPSA) is 103 Å². The van der Waals surface area contributed by atoms with Gasteiger partial charge >= 0.3 is 0 Å². The Balaban J connectivity index is 1.49. The molecule has 2 atom stereocenters. The summed E-state index contributed by atoms with van der Waals surface area (Å²) in [6, 6.07) is 7.22. The number of carbonyl (C=O) groups is 1. The second-order valence-electron chi connectivity index (χ2n) is 6.64. The summed E-state index contributed by atoms with van der Waals surface area (Å²) in [6.45, 7) is 2.65. The predicted molar refractivity (Wildman–Crippen MR) is 92.1 cm³/mol. The van der Waals surface area contributed by atoms with E-state index in [1.165, 1.54) is 0 Å². The van der Waals surface area contributed by atoms with Crippen LogP contribution in [0, 0.1) is 6.92 Å². The summed E-state index contributed by atoms with van der Waals surface area (Å²) in [7, 11) is -3.18. The molecule has 3 heterocycles. The van der Waals surface area contributed by atoms with Crippen molar-refractivity contribution in [1.29, 1.82) is 0 Å². The largest absolute Gasteiger partial charge is 0.373 e. The van der Waals surface area contributed by atoms with Crippen molar-refractivity contribution in [2.75, 3.05) is 24.7 Å². The number of benzene rings is 1. The number of nitrogens with zero attached hydrogens (tertiary/aromatic N) is 3. The van der Waals surface area contributed by atoms with E-state index in [4.69, 9.17) is 9.26 Å². The smallest absolute Gasteiger partial charge is 0.236 e. The summed E-state index contributed by atoms with van der Waals surface area (Å²) in [5, 5.41) is 3.96. The summed E-state index contributed by atoms with van der Waals surface area (Å²) in [4.78, 5) is 18.6. The molecule has 26 heavy (non-hydrogen) atoms. The van der Waals surface area contributed by atoms with E-state index in [1.807, 2.05) is 31.2 Å². The number of ether oxygens (including phenoxy) is 1. The van der Waals surface area contributed by atoms with E-state index in [0.717, 1.165) is 11.1 Å². The number of rotatable bonds is 3. The molecule has 0 spiro atoms. The van der Waals surface area contributed by atoms with Crippen LogP contribution in [0.2, 0.25) is 0 Å². The van der Waals surface area contributed by atoms with E-state index in [2.05, 4.69) is 10.1 Å². The van der Waals surface area contributed by atoms with Crippen molar-refractivity contribution in [2.24, 2.45) is 0 Å². The molecule has 1 amide bonds. The van der Waals surface area contributed by atoms with Crippen molar-refractivity contribution in [3.8, 4) is 11.4 Å². The van der Waals surface area contributed by atoms with Gasteiger partial charge in [0.05, 0.1) is 30.3 Å². The van der Waals surface area contributed by atoms with Gasteiger partial charge in [0.15, 0.2) is 9.84 Å². The van der Waals surface area contributed by atoms with Crippen LogP contribution in [0.4, 0.5) is 0 Å². The van der Waals surface area contributed by atoms with Gasteiger partial charge in [0.2, 0.25) is 17.6 Å². The molecule has 1 aromatic heterocycles. The molecule has 0 bridgehead atoms.